The number of rotatable bonds is 3. The first kappa shape index (κ1) is 12.2. The number of ketones is 1. The minimum Gasteiger partial charge on any atom is -0.288 e. The van der Waals surface area contributed by atoms with Gasteiger partial charge in [0.1, 0.15) is 11.3 Å². The van der Waals surface area contributed by atoms with E-state index in [1.165, 1.54) is 0 Å². The highest BCUT2D eigenvalue weighted by molar-refractivity contribution is 6.33. The van der Waals surface area contributed by atoms with Gasteiger partial charge >= 0.3 is 0 Å². The maximum absolute atomic E-state index is 12.1. The third-order valence-corrected chi connectivity index (χ3v) is 2.62. The molecule has 0 N–H and O–H groups in total. The van der Waals surface area contributed by atoms with Crippen molar-refractivity contribution in [3.63, 3.8) is 0 Å². The standard InChI is InChI=1S/C12H7ClN2O3/c13-12-10(6-9(7-14-12)15(17)18)11(16)8-4-2-1-3-5-8/h1-7H. The molecule has 1 heterocycles. The Morgan fingerprint density at radius 2 is 1.94 bits per heavy atom. The fourth-order valence-corrected chi connectivity index (χ4v) is 1.63. The third kappa shape index (κ3) is 2.36. The van der Waals surface area contributed by atoms with E-state index in [-0.39, 0.29) is 16.4 Å². The molecule has 1 aromatic carbocycles. The molecule has 0 aliphatic rings. The van der Waals surface area contributed by atoms with Crippen molar-refractivity contribution in [2.75, 3.05) is 0 Å². The molecule has 0 amide bonds. The average molecular weight is 263 g/mol. The molecule has 18 heavy (non-hydrogen) atoms. The average Bonchev–Trinajstić information content (AvgIpc) is 2.39. The third-order valence-electron chi connectivity index (χ3n) is 2.32. The van der Waals surface area contributed by atoms with Gasteiger partial charge in [0, 0.05) is 11.6 Å². The zero-order chi connectivity index (χ0) is 13.1. The molecule has 6 heteroatoms. The van der Waals surface area contributed by atoms with E-state index in [2.05, 4.69) is 4.98 Å². The lowest BCUT2D eigenvalue weighted by Crippen LogP contribution is -2.04. The van der Waals surface area contributed by atoms with E-state index in [9.17, 15) is 14.9 Å². The molecule has 0 atom stereocenters. The monoisotopic (exact) mass is 262 g/mol. The molecular formula is C12H7ClN2O3. The van der Waals surface area contributed by atoms with E-state index >= 15 is 0 Å². The summed E-state index contributed by atoms with van der Waals surface area (Å²) in [7, 11) is 0. The second-order valence-electron chi connectivity index (χ2n) is 3.48. The van der Waals surface area contributed by atoms with Gasteiger partial charge in [-0.1, -0.05) is 41.9 Å². The summed E-state index contributed by atoms with van der Waals surface area (Å²) in [5.74, 6) is -0.392. The number of hydrogen-bond donors (Lipinski definition) is 0. The zero-order valence-electron chi connectivity index (χ0n) is 9.04. The predicted octanol–water partition coefficient (Wildman–Crippen LogP) is 2.87. The quantitative estimate of drug-likeness (QED) is 0.369. The Kier molecular flexibility index (Phi) is 3.34. The summed E-state index contributed by atoms with van der Waals surface area (Å²) in [5.41, 5.74) is 0.164. The van der Waals surface area contributed by atoms with Gasteiger partial charge in [-0.15, -0.1) is 0 Å². The molecule has 5 nitrogen and oxygen atoms in total. The summed E-state index contributed by atoms with van der Waals surface area (Å²) < 4.78 is 0. The lowest BCUT2D eigenvalue weighted by molar-refractivity contribution is -0.385. The second kappa shape index (κ2) is 4.93. The van der Waals surface area contributed by atoms with Gasteiger partial charge in [-0.3, -0.25) is 14.9 Å². The molecule has 0 aliphatic heterocycles. The lowest BCUT2D eigenvalue weighted by atomic mass is 10.1. The van der Waals surface area contributed by atoms with Crippen LogP contribution in [0, 0.1) is 10.1 Å². The van der Waals surface area contributed by atoms with Crippen molar-refractivity contribution in [1.82, 2.24) is 4.98 Å². The number of halogens is 1. The summed E-state index contributed by atoms with van der Waals surface area (Å²) in [6.07, 6.45) is 1.02. The van der Waals surface area contributed by atoms with Crippen LogP contribution in [0.5, 0.6) is 0 Å². The normalized spacial score (nSPS) is 10.1. The lowest BCUT2D eigenvalue weighted by Gasteiger charge is -2.02. The number of aromatic nitrogens is 1. The van der Waals surface area contributed by atoms with E-state index in [4.69, 9.17) is 11.6 Å². The Hall–Kier alpha value is -2.27. The fourth-order valence-electron chi connectivity index (χ4n) is 1.44. The van der Waals surface area contributed by atoms with Crippen molar-refractivity contribution >= 4 is 23.1 Å². The van der Waals surface area contributed by atoms with Gasteiger partial charge in [0.05, 0.1) is 10.5 Å². The number of pyridine rings is 1. The van der Waals surface area contributed by atoms with E-state index in [1.54, 1.807) is 30.3 Å². The van der Waals surface area contributed by atoms with Crippen molar-refractivity contribution in [2.24, 2.45) is 0 Å². The highest BCUT2D eigenvalue weighted by Gasteiger charge is 2.18. The molecule has 2 rings (SSSR count). The summed E-state index contributed by atoms with van der Waals surface area (Å²) in [4.78, 5) is 25.8. The van der Waals surface area contributed by atoms with Crippen LogP contribution >= 0.6 is 11.6 Å². The number of nitro groups is 1. The molecule has 1 aromatic heterocycles. The molecule has 0 unspecified atom stereocenters. The Bertz CT molecular complexity index is 614. The van der Waals surface area contributed by atoms with Crippen LogP contribution in [-0.2, 0) is 0 Å². The first-order valence-electron chi connectivity index (χ1n) is 4.99. The Morgan fingerprint density at radius 3 is 2.56 bits per heavy atom. The van der Waals surface area contributed by atoms with Crippen LogP contribution < -0.4 is 0 Å². The minimum atomic E-state index is -0.620. The molecule has 0 spiro atoms. The molecule has 0 fully saturated rings. The first-order chi connectivity index (χ1) is 8.59. The highest BCUT2D eigenvalue weighted by atomic mass is 35.5. The van der Waals surface area contributed by atoms with Crippen LogP contribution in [0.3, 0.4) is 0 Å². The first-order valence-corrected chi connectivity index (χ1v) is 5.37. The Labute approximate surface area is 107 Å². The molecule has 0 bridgehead atoms. The van der Waals surface area contributed by atoms with E-state index < -0.39 is 10.7 Å². The van der Waals surface area contributed by atoms with Gasteiger partial charge in [0.15, 0.2) is 5.78 Å². The summed E-state index contributed by atoms with van der Waals surface area (Å²) in [5, 5.41) is 10.6. The van der Waals surface area contributed by atoms with Crippen LogP contribution in [0.2, 0.25) is 5.15 Å². The molecular weight excluding hydrogens is 256 g/mol. The Morgan fingerprint density at radius 1 is 1.28 bits per heavy atom. The molecule has 0 saturated carbocycles. The van der Waals surface area contributed by atoms with Crippen molar-refractivity contribution in [1.29, 1.82) is 0 Å². The van der Waals surface area contributed by atoms with E-state index in [0.29, 0.717) is 5.56 Å². The van der Waals surface area contributed by atoms with Gasteiger partial charge in [0.25, 0.3) is 5.69 Å². The Balaban J connectivity index is 2.48. The van der Waals surface area contributed by atoms with Crippen molar-refractivity contribution in [2.45, 2.75) is 0 Å². The van der Waals surface area contributed by atoms with E-state index in [1.807, 2.05) is 0 Å². The minimum absolute atomic E-state index is 0.0251. The van der Waals surface area contributed by atoms with Crippen LogP contribution in [0.1, 0.15) is 15.9 Å². The predicted molar refractivity (Wildman–Crippen MR) is 65.8 cm³/mol. The number of hydrogen-bond acceptors (Lipinski definition) is 4. The largest absolute Gasteiger partial charge is 0.288 e. The van der Waals surface area contributed by atoms with Crippen molar-refractivity contribution in [3.8, 4) is 0 Å². The summed E-state index contributed by atoms with van der Waals surface area (Å²) >= 11 is 5.79. The van der Waals surface area contributed by atoms with Crippen LogP contribution in [0.15, 0.2) is 42.6 Å². The highest BCUT2D eigenvalue weighted by Crippen LogP contribution is 2.21. The van der Waals surface area contributed by atoms with E-state index in [0.717, 1.165) is 12.3 Å². The number of nitrogens with zero attached hydrogens (tertiary/aromatic N) is 2. The van der Waals surface area contributed by atoms with Gasteiger partial charge < -0.3 is 0 Å². The second-order valence-corrected chi connectivity index (χ2v) is 3.84. The maximum Gasteiger partial charge on any atom is 0.288 e. The summed E-state index contributed by atoms with van der Waals surface area (Å²) in [6.45, 7) is 0. The number of carbonyl (C=O) groups excluding carboxylic acids is 1. The topological polar surface area (TPSA) is 73.1 Å². The van der Waals surface area contributed by atoms with Crippen LogP contribution in [0.4, 0.5) is 5.69 Å². The molecule has 0 aliphatic carbocycles. The fraction of sp³-hybridized carbons (Fsp3) is 0. The van der Waals surface area contributed by atoms with Crippen molar-refractivity contribution in [3.05, 3.63) is 69.0 Å². The molecule has 2 aromatic rings. The summed E-state index contributed by atoms with van der Waals surface area (Å²) in [6, 6.07) is 9.52. The van der Waals surface area contributed by atoms with Gasteiger partial charge in [-0.2, -0.15) is 0 Å². The molecule has 90 valence electrons. The number of carbonyl (C=O) groups is 1. The molecule has 0 radical (unpaired) electrons. The van der Waals surface area contributed by atoms with Crippen LogP contribution in [-0.4, -0.2) is 15.7 Å². The van der Waals surface area contributed by atoms with Gasteiger partial charge in [-0.05, 0) is 0 Å². The zero-order valence-corrected chi connectivity index (χ0v) is 9.79. The SMILES string of the molecule is O=C(c1ccccc1)c1cc([N+](=O)[O-])cnc1Cl. The molecule has 0 saturated heterocycles. The smallest absolute Gasteiger partial charge is 0.288 e. The van der Waals surface area contributed by atoms with Gasteiger partial charge in [-0.25, -0.2) is 4.98 Å². The van der Waals surface area contributed by atoms with Crippen molar-refractivity contribution < 1.29 is 9.72 Å². The van der Waals surface area contributed by atoms with Gasteiger partial charge in [0.2, 0.25) is 0 Å². The maximum atomic E-state index is 12.1. The van der Waals surface area contributed by atoms with Crippen LogP contribution in [0.25, 0.3) is 0 Å². The number of benzene rings is 1.